The number of aryl methyl sites for hydroxylation is 2. The molecule has 0 atom stereocenters. The number of hydrogen-bond acceptors (Lipinski definition) is 4. The Balaban J connectivity index is 2.40. The first-order valence-electron chi connectivity index (χ1n) is 12.5. The fourth-order valence-corrected chi connectivity index (χ4v) is 4.42. The minimum atomic E-state index is -0.933. The number of aliphatic hydroxyl groups excluding tert-OH is 2. The third kappa shape index (κ3) is 6.21. The van der Waals surface area contributed by atoms with Crippen molar-refractivity contribution in [2.75, 3.05) is 19.8 Å². The van der Waals surface area contributed by atoms with Gasteiger partial charge in [0.05, 0.1) is 19.8 Å². The van der Waals surface area contributed by atoms with Crippen LogP contribution in [0.1, 0.15) is 81.2 Å². The average molecular weight is 467 g/mol. The molecule has 0 fully saturated rings. The van der Waals surface area contributed by atoms with Crippen molar-refractivity contribution in [2.24, 2.45) is 5.92 Å². The van der Waals surface area contributed by atoms with E-state index in [2.05, 4.69) is 62.9 Å². The summed E-state index contributed by atoms with van der Waals surface area (Å²) in [5, 5.41) is 29.1. The Bertz CT molecular complexity index is 987. The van der Waals surface area contributed by atoms with Crippen LogP contribution in [-0.2, 0) is 5.41 Å². The number of aliphatic hydroxyl groups is 3. The molecule has 0 spiro atoms. The number of ether oxygens (including phenoxy) is 1. The van der Waals surface area contributed by atoms with Crippen molar-refractivity contribution in [3.63, 3.8) is 0 Å². The predicted molar refractivity (Wildman–Crippen MR) is 139 cm³/mol. The maximum atomic E-state index is 10.5. The van der Waals surface area contributed by atoms with Crippen molar-refractivity contribution in [3.8, 4) is 17.6 Å². The van der Waals surface area contributed by atoms with Crippen LogP contribution >= 0.6 is 0 Å². The lowest BCUT2D eigenvalue weighted by molar-refractivity contribution is 0.0931. The summed E-state index contributed by atoms with van der Waals surface area (Å²) in [4.78, 5) is 0. The lowest BCUT2D eigenvalue weighted by Crippen LogP contribution is -2.26. The molecule has 0 aliphatic carbocycles. The topological polar surface area (TPSA) is 69.9 Å². The minimum absolute atomic E-state index is 0.0989. The summed E-state index contributed by atoms with van der Waals surface area (Å²) in [6.07, 6.45) is 3.14. The van der Waals surface area contributed by atoms with Crippen molar-refractivity contribution in [1.29, 1.82) is 0 Å². The highest BCUT2D eigenvalue weighted by molar-refractivity contribution is 5.50. The van der Waals surface area contributed by atoms with E-state index in [1.807, 2.05) is 26.8 Å². The second-order valence-electron chi connectivity index (χ2n) is 9.33. The van der Waals surface area contributed by atoms with Gasteiger partial charge in [-0.1, -0.05) is 63.8 Å². The fraction of sp³-hybridized carbons (Fsp3) is 0.533. The summed E-state index contributed by atoms with van der Waals surface area (Å²) in [5.41, 5.74) is 4.54. The summed E-state index contributed by atoms with van der Waals surface area (Å²) in [6.45, 7) is 12.6. The monoisotopic (exact) mass is 466 g/mol. The van der Waals surface area contributed by atoms with Gasteiger partial charge in [-0.2, -0.15) is 0 Å². The Morgan fingerprint density at radius 1 is 0.824 bits per heavy atom. The summed E-state index contributed by atoms with van der Waals surface area (Å²) < 4.78 is 5.87. The van der Waals surface area contributed by atoms with Crippen LogP contribution in [0.25, 0.3) is 0 Å². The first-order chi connectivity index (χ1) is 16.2. The molecular weight excluding hydrogens is 424 g/mol. The van der Waals surface area contributed by atoms with Crippen LogP contribution in [0.2, 0.25) is 0 Å². The van der Waals surface area contributed by atoms with Crippen LogP contribution in [0.4, 0.5) is 0 Å². The molecule has 2 rings (SSSR count). The van der Waals surface area contributed by atoms with E-state index in [-0.39, 0.29) is 31.2 Å². The highest BCUT2D eigenvalue weighted by Gasteiger charge is 2.31. The quantitative estimate of drug-likeness (QED) is 0.394. The van der Waals surface area contributed by atoms with E-state index in [4.69, 9.17) is 4.74 Å². The van der Waals surface area contributed by atoms with Crippen molar-refractivity contribution >= 4 is 0 Å². The van der Waals surface area contributed by atoms with Gasteiger partial charge in [-0.3, -0.25) is 0 Å². The first-order valence-corrected chi connectivity index (χ1v) is 12.5. The van der Waals surface area contributed by atoms with Gasteiger partial charge in [0.2, 0.25) is 0 Å². The second kappa shape index (κ2) is 12.4. The molecule has 0 unspecified atom stereocenters. The summed E-state index contributed by atoms with van der Waals surface area (Å²) >= 11 is 0. The zero-order valence-corrected chi connectivity index (χ0v) is 21.7. The number of rotatable bonds is 11. The average Bonchev–Trinajstić information content (AvgIpc) is 2.86. The standard InChI is InChI=1S/C30H42O4/c1-7-29(33,8-2)16-15-25-11-12-26(17-22(25)5)30(9-3,10-4)27-13-14-28(23(6)18-27)34-21-24(19-31)20-32/h11-14,17-18,24,31-33H,7-10,19-21H2,1-6H3. The Morgan fingerprint density at radius 3 is 1.85 bits per heavy atom. The molecular formula is C30H42O4. The molecule has 0 aliphatic heterocycles. The van der Waals surface area contributed by atoms with Crippen molar-refractivity contribution < 1.29 is 20.1 Å². The molecule has 4 nitrogen and oxygen atoms in total. The van der Waals surface area contributed by atoms with E-state index < -0.39 is 5.60 Å². The summed E-state index contributed by atoms with van der Waals surface area (Å²) in [7, 11) is 0. The fourth-order valence-electron chi connectivity index (χ4n) is 4.42. The smallest absolute Gasteiger partial charge is 0.125 e. The third-order valence-electron chi connectivity index (χ3n) is 7.30. The third-order valence-corrected chi connectivity index (χ3v) is 7.30. The highest BCUT2D eigenvalue weighted by atomic mass is 16.5. The molecule has 2 aromatic carbocycles. The predicted octanol–water partition coefficient (Wildman–Crippen LogP) is 5.29. The van der Waals surface area contributed by atoms with Gasteiger partial charge >= 0.3 is 0 Å². The molecule has 0 aromatic heterocycles. The largest absolute Gasteiger partial charge is 0.493 e. The molecule has 0 saturated carbocycles. The Labute approximate surface area is 206 Å². The molecule has 2 aromatic rings. The van der Waals surface area contributed by atoms with Crippen LogP contribution in [0.15, 0.2) is 36.4 Å². The van der Waals surface area contributed by atoms with Gasteiger partial charge in [-0.25, -0.2) is 0 Å². The zero-order valence-electron chi connectivity index (χ0n) is 21.7. The van der Waals surface area contributed by atoms with Gasteiger partial charge in [-0.15, -0.1) is 0 Å². The molecule has 0 saturated heterocycles. The first kappa shape index (κ1) is 27.9. The van der Waals surface area contributed by atoms with Gasteiger partial charge in [-0.05, 0) is 73.9 Å². The van der Waals surface area contributed by atoms with Crippen LogP contribution in [0.5, 0.6) is 5.75 Å². The van der Waals surface area contributed by atoms with E-state index in [9.17, 15) is 15.3 Å². The van der Waals surface area contributed by atoms with E-state index in [0.717, 1.165) is 35.3 Å². The summed E-state index contributed by atoms with van der Waals surface area (Å²) in [5.74, 6) is 6.78. The van der Waals surface area contributed by atoms with Crippen LogP contribution in [-0.4, -0.2) is 40.7 Å². The molecule has 0 radical (unpaired) electrons. The Morgan fingerprint density at radius 2 is 1.38 bits per heavy atom. The summed E-state index contributed by atoms with van der Waals surface area (Å²) in [6, 6.07) is 12.8. The highest BCUT2D eigenvalue weighted by Crippen LogP contribution is 2.41. The minimum Gasteiger partial charge on any atom is -0.493 e. The lowest BCUT2D eigenvalue weighted by atomic mass is 9.70. The van der Waals surface area contributed by atoms with Crippen LogP contribution in [0.3, 0.4) is 0 Å². The maximum Gasteiger partial charge on any atom is 0.125 e. The van der Waals surface area contributed by atoms with E-state index in [1.54, 1.807) is 0 Å². The molecule has 0 aliphatic rings. The van der Waals surface area contributed by atoms with Gasteiger partial charge in [0.1, 0.15) is 11.4 Å². The molecule has 0 amide bonds. The molecule has 0 bridgehead atoms. The molecule has 34 heavy (non-hydrogen) atoms. The molecule has 3 N–H and O–H groups in total. The SMILES string of the molecule is CCC(O)(C#Cc1ccc(C(CC)(CC)c2ccc(OCC(CO)CO)c(C)c2)cc1C)CC. The van der Waals surface area contributed by atoms with Gasteiger partial charge in [0.15, 0.2) is 0 Å². The molecule has 186 valence electrons. The van der Waals surface area contributed by atoms with Gasteiger partial charge < -0.3 is 20.1 Å². The second-order valence-corrected chi connectivity index (χ2v) is 9.33. The lowest BCUT2D eigenvalue weighted by Gasteiger charge is -2.34. The number of benzene rings is 2. The zero-order chi connectivity index (χ0) is 25.4. The van der Waals surface area contributed by atoms with Crippen LogP contribution in [0, 0.1) is 31.6 Å². The maximum absolute atomic E-state index is 10.5. The van der Waals surface area contributed by atoms with Gasteiger partial charge in [0, 0.05) is 16.9 Å². The Kier molecular flexibility index (Phi) is 10.2. The normalized spacial score (nSPS) is 11.9. The number of hydrogen-bond donors (Lipinski definition) is 3. The van der Waals surface area contributed by atoms with E-state index in [1.165, 1.54) is 11.1 Å². The van der Waals surface area contributed by atoms with Gasteiger partial charge in [0.25, 0.3) is 0 Å². The van der Waals surface area contributed by atoms with Crippen molar-refractivity contribution in [1.82, 2.24) is 0 Å². The van der Waals surface area contributed by atoms with Crippen LogP contribution < -0.4 is 4.74 Å². The van der Waals surface area contributed by atoms with E-state index >= 15 is 0 Å². The van der Waals surface area contributed by atoms with Crippen molar-refractivity contribution in [3.05, 3.63) is 64.2 Å². The molecule has 4 heteroatoms. The van der Waals surface area contributed by atoms with Crippen molar-refractivity contribution in [2.45, 2.75) is 78.2 Å². The Hall–Kier alpha value is -2.32. The van der Waals surface area contributed by atoms with E-state index in [0.29, 0.717) is 12.8 Å². The molecule has 0 heterocycles.